The highest BCUT2D eigenvalue weighted by atomic mass is 16.7. The van der Waals surface area contributed by atoms with Crippen molar-refractivity contribution in [2.24, 2.45) is 0 Å². The first-order valence-electron chi connectivity index (χ1n) is 11.3. The first-order chi connectivity index (χ1) is 14.6. The third kappa shape index (κ3) is 5.01. The van der Waals surface area contributed by atoms with Gasteiger partial charge in [-0.2, -0.15) is 0 Å². The van der Waals surface area contributed by atoms with Gasteiger partial charge in [0.15, 0.2) is 11.5 Å². The second-order valence-electron chi connectivity index (χ2n) is 8.49. The molecular weight excluding hydrogens is 384 g/mol. The van der Waals surface area contributed by atoms with Crippen molar-refractivity contribution in [2.45, 2.75) is 64.1 Å². The van der Waals surface area contributed by atoms with Gasteiger partial charge in [-0.1, -0.05) is 6.07 Å². The van der Waals surface area contributed by atoms with Crippen LogP contribution in [0.3, 0.4) is 0 Å². The average molecular weight is 419 g/mol. The Morgan fingerprint density at radius 1 is 1.17 bits per heavy atom. The number of morpholine rings is 1. The van der Waals surface area contributed by atoms with E-state index in [4.69, 9.17) is 18.9 Å². The van der Waals surface area contributed by atoms with E-state index in [2.05, 4.69) is 11.8 Å². The molecule has 1 atom stereocenters. The third-order valence-corrected chi connectivity index (χ3v) is 6.55. The van der Waals surface area contributed by atoms with Gasteiger partial charge < -0.3 is 23.8 Å². The molecule has 2 fully saturated rings. The SMILES string of the molecule is CCN(C(=O)OC1CCC(N2CCOCC2)CC1)C(C)Cc1ccc2c(c1)OCO2. The van der Waals surface area contributed by atoms with Crippen molar-refractivity contribution < 1.29 is 23.7 Å². The summed E-state index contributed by atoms with van der Waals surface area (Å²) in [5.74, 6) is 1.56. The number of nitrogens with zero attached hydrogens (tertiary/aromatic N) is 2. The quantitative estimate of drug-likeness (QED) is 0.705. The molecule has 0 radical (unpaired) electrons. The smallest absolute Gasteiger partial charge is 0.410 e. The summed E-state index contributed by atoms with van der Waals surface area (Å²) in [7, 11) is 0. The lowest BCUT2D eigenvalue weighted by atomic mass is 9.91. The molecule has 3 aliphatic rings. The number of hydrogen-bond donors (Lipinski definition) is 0. The number of rotatable bonds is 6. The average Bonchev–Trinajstić information content (AvgIpc) is 3.23. The van der Waals surface area contributed by atoms with Crippen LogP contribution in [-0.4, -0.2) is 73.7 Å². The maximum absolute atomic E-state index is 12.9. The Morgan fingerprint density at radius 3 is 2.63 bits per heavy atom. The van der Waals surface area contributed by atoms with E-state index in [1.807, 2.05) is 30.0 Å². The van der Waals surface area contributed by atoms with Gasteiger partial charge in [-0.05, 0) is 63.6 Å². The first kappa shape index (κ1) is 21.2. The number of fused-ring (bicyclic) bond motifs is 1. The van der Waals surface area contributed by atoms with Crippen LogP contribution in [0.1, 0.15) is 45.1 Å². The lowest BCUT2D eigenvalue weighted by molar-refractivity contribution is -0.0122. The van der Waals surface area contributed by atoms with Gasteiger partial charge in [0.25, 0.3) is 0 Å². The maximum Gasteiger partial charge on any atom is 0.410 e. The minimum atomic E-state index is -0.194. The van der Waals surface area contributed by atoms with Crippen LogP contribution in [0.15, 0.2) is 18.2 Å². The molecule has 30 heavy (non-hydrogen) atoms. The summed E-state index contributed by atoms with van der Waals surface area (Å²) in [6.45, 7) is 8.70. The number of likely N-dealkylation sites (N-methyl/N-ethyl adjacent to an activating group) is 1. The predicted molar refractivity (Wildman–Crippen MR) is 113 cm³/mol. The van der Waals surface area contributed by atoms with E-state index in [1.54, 1.807) is 0 Å². The number of hydrogen-bond acceptors (Lipinski definition) is 6. The van der Waals surface area contributed by atoms with E-state index in [1.165, 1.54) is 0 Å². The fourth-order valence-corrected chi connectivity index (χ4v) is 4.82. The summed E-state index contributed by atoms with van der Waals surface area (Å²) in [4.78, 5) is 17.2. The van der Waals surface area contributed by atoms with Crippen molar-refractivity contribution in [3.63, 3.8) is 0 Å². The van der Waals surface area contributed by atoms with Crippen molar-refractivity contribution in [1.82, 2.24) is 9.80 Å². The standard InChI is InChI=1S/C23H34N2O5/c1-3-25(17(2)14-18-4-9-21-22(15-18)29-16-28-21)23(26)30-20-7-5-19(6-8-20)24-10-12-27-13-11-24/h4,9,15,17,19-20H,3,5-8,10-14,16H2,1-2H3. The van der Waals surface area contributed by atoms with Gasteiger partial charge in [0.05, 0.1) is 13.2 Å². The van der Waals surface area contributed by atoms with E-state index in [0.717, 1.165) is 75.5 Å². The van der Waals surface area contributed by atoms with Crippen LogP contribution >= 0.6 is 0 Å². The number of carbonyl (C=O) groups is 1. The molecule has 7 heteroatoms. The normalized spacial score (nSPS) is 25.0. The van der Waals surface area contributed by atoms with Crippen molar-refractivity contribution in [3.8, 4) is 11.5 Å². The monoisotopic (exact) mass is 418 g/mol. The van der Waals surface area contributed by atoms with E-state index in [9.17, 15) is 4.79 Å². The van der Waals surface area contributed by atoms with Gasteiger partial charge >= 0.3 is 6.09 Å². The Morgan fingerprint density at radius 2 is 1.90 bits per heavy atom. The highest BCUT2D eigenvalue weighted by Gasteiger charge is 2.30. The molecule has 2 heterocycles. The molecule has 166 valence electrons. The van der Waals surface area contributed by atoms with Crippen LogP contribution < -0.4 is 9.47 Å². The van der Waals surface area contributed by atoms with Crippen molar-refractivity contribution >= 4 is 6.09 Å². The first-order valence-corrected chi connectivity index (χ1v) is 11.3. The Hall–Kier alpha value is -1.99. The Labute approximate surface area is 179 Å². The zero-order chi connectivity index (χ0) is 20.9. The number of amides is 1. The molecule has 2 aliphatic heterocycles. The number of ether oxygens (including phenoxy) is 4. The lowest BCUT2D eigenvalue weighted by Crippen LogP contribution is -2.46. The minimum absolute atomic E-state index is 0.0292. The van der Waals surface area contributed by atoms with E-state index >= 15 is 0 Å². The van der Waals surface area contributed by atoms with E-state index in [-0.39, 0.29) is 25.0 Å². The summed E-state index contributed by atoms with van der Waals surface area (Å²) in [5, 5.41) is 0. The molecule has 1 aliphatic carbocycles. The molecule has 1 saturated heterocycles. The zero-order valence-corrected chi connectivity index (χ0v) is 18.2. The Kier molecular flexibility index (Phi) is 7.00. The highest BCUT2D eigenvalue weighted by Crippen LogP contribution is 2.33. The van der Waals surface area contributed by atoms with Crippen LogP contribution in [0.25, 0.3) is 0 Å². The van der Waals surface area contributed by atoms with Crippen LogP contribution in [0.2, 0.25) is 0 Å². The fourth-order valence-electron chi connectivity index (χ4n) is 4.82. The third-order valence-electron chi connectivity index (χ3n) is 6.55. The topological polar surface area (TPSA) is 60.5 Å². The second kappa shape index (κ2) is 9.88. The highest BCUT2D eigenvalue weighted by molar-refractivity contribution is 5.68. The maximum atomic E-state index is 12.9. The summed E-state index contributed by atoms with van der Waals surface area (Å²) < 4.78 is 22.2. The molecule has 1 aromatic carbocycles. The summed E-state index contributed by atoms with van der Waals surface area (Å²) in [5.41, 5.74) is 1.13. The molecule has 0 spiro atoms. The predicted octanol–water partition coefficient (Wildman–Crippen LogP) is 3.45. The van der Waals surface area contributed by atoms with Gasteiger partial charge in [-0.15, -0.1) is 0 Å². The van der Waals surface area contributed by atoms with Crippen LogP contribution in [-0.2, 0) is 15.9 Å². The van der Waals surface area contributed by atoms with Gasteiger partial charge in [0.2, 0.25) is 6.79 Å². The molecule has 7 nitrogen and oxygen atoms in total. The summed E-state index contributed by atoms with van der Waals surface area (Å²) in [6, 6.07) is 6.64. The van der Waals surface area contributed by atoms with Crippen molar-refractivity contribution in [2.75, 3.05) is 39.6 Å². The molecule has 4 rings (SSSR count). The van der Waals surface area contributed by atoms with Crippen LogP contribution in [0, 0.1) is 0 Å². The van der Waals surface area contributed by atoms with Crippen molar-refractivity contribution in [3.05, 3.63) is 23.8 Å². The summed E-state index contributed by atoms with van der Waals surface area (Å²) >= 11 is 0. The number of benzene rings is 1. The molecule has 1 aromatic rings. The molecule has 0 bridgehead atoms. The molecule has 1 unspecified atom stereocenters. The van der Waals surface area contributed by atoms with E-state index < -0.39 is 0 Å². The van der Waals surface area contributed by atoms with E-state index in [0.29, 0.717) is 12.6 Å². The van der Waals surface area contributed by atoms with Crippen LogP contribution in [0.4, 0.5) is 4.79 Å². The largest absolute Gasteiger partial charge is 0.454 e. The molecule has 0 aromatic heterocycles. The van der Waals surface area contributed by atoms with Gasteiger partial charge in [0, 0.05) is 31.7 Å². The fraction of sp³-hybridized carbons (Fsp3) is 0.696. The van der Waals surface area contributed by atoms with Crippen LogP contribution in [0.5, 0.6) is 11.5 Å². The lowest BCUT2D eigenvalue weighted by Gasteiger charge is -2.39. The van der Waals surface area contributed by atoms with Gasteiger partial charge in [0.1, 0.15) is 6.10 Å². The molecular formula is C23H34N2O5. The zero-order valence-electron chi connectivity index (χ0n) is 18.2. The molecule has 1 amide bonds. The Balaban J connectivity index is 1.26. The second-order valence-corrected chi connectivity index (χ2v) is 8.49. The van der Waals surface area contributed by atoms with Crippen molar-refractivity contribution in [1.29, 1.82) is 0 Å². The number of carbonyl (C=O) groups excluding carboxylic acids is 1. The van der Waals surface area contributed by atoms with Gasteiger partial charge in [-0.3, -0.25) is 4.90 Å². The van der Waals surface area contributed by atoms with Gasteiger partial charge in [-0.25, -0.2) is 4.79 Å². The summed E-state index contributed by atoms with van der Waals surface area (Å²) in [6.07, 6.45) is 4.67. The molecule has 0 N–H and O–H groups in total. The Bertz CT molecular complexity index is 714. The molecule has 1 saturated carbocycles. The minimum Gasteiger partial charge on any atom is -0.454 e.